The van der Waals surface area contributed by atoms with E-state index in [1.165, 1.54) is 0 Å². The van der Waals surface area contributed by atoms with E-state index < -0.39 is 22.7 Å². The van der Waals surface area contributed by atoms with Gasteiger partial charge in [0.05, 0.1) is 17.0 Å². The number of benzene rings is 1. The molecule has 34 heavy (non-hydrogen) atoms. The Morgan fingerprint density at radius 1 is 1.24 bits per heavy atom. The van der Waals surface area contributed by atoms with Crippen LogP contribution in [0.15, 0.2) is 30.5 Å². The summed E-state index contributed by atoms with van der Waals surface area (Å²) in [4.78, 5) is 42.7. The van der Waals surface area contributed by atoms with Crippen molar-refractivity contribution in [1.82, 2.24) is 15.2 Å². The Hall–Kier alpha value is -3.00. The SMILES string of the molecule is CC(C)(C)OC(=O)N1CCC(O)(c2ccc3ncc(C4CCC(=O)NC4=O)cc3c2)CC1(C)C. The Morgan fingerprint density at radius 3 is 2.62 bits per heavy atom. The van der Waals surface area contributed by atoms with Gasteiger partial charge < -0.3 is 14.7 Å². The zero-order valence-electron chi connectivity index (χ0n) is 20.5. The number of likely N-dealkylation sites (tertiary alicyclic amines) is 1. The van der Waals surface area contributed by atoms with Crippen LogP contribution in [-0.2, 0) is 19.9 Å². The number of piperidine rings is 2. The fraction of sp³-hybridized carbons (Fsp3) is 0.538. The summed E-state index contributed by atoms with van der Waals surface area (Å²) < 4.78 is 5.57. The van der Waals surface area contributed by atoms with Crippen LogP contribution in [0.3, 0.4) is 0 Å². The Labute approximate surface area is 199 Å². The Balaban J connectivity index is 1.60. The number of aliphatic hydroxyl groups is 1. The van der Waals surface area contributed by atoms with Crippen molar-refractivity contribution >= 4 is 28.8 Å². The third kappa shape index (κ3) is 4.78. The molecule has 4 rings (SSSR count). The largest absolute Gasteiger partial charge is 0.444 e. The van der Waals surface area contributed by atoms with Crippen LogP contribution in [0.4, 0.5) is 4.79 Å². The number of fused-ring (bicyclic) bond motifs is 1. The van der Waals surface area contributed by atoms with Gasteiger partial charge in [0.1, 0.15) is 5.60 Å². The van der Waals surface area contributed by atoms with Gasteiger partial charge in [-0.05, 0) is 76.8 Å². The summed E-state index contributed by atoms with van der Waals surface area (Å²) in [7, 11) is 0. The van der Waals surface area contributed by atoms with E-state index in [-0.39, 0.29) is 17.9 Å². The molecular weight excluding hydrogens is 434 g/mol. The Morgan fingerprint density at radius 2 is 1.97 bits per heavy atom. The van der Waals surface area contributed by atoms with Crippen molar-refractivity contribution in [3.8, 4) is 0 Å². The number of ether oxygens (including phenoxy) is 1. The number of hydrogen-bond donors (Lipinski definition) is 2. The quantitative estimate of drug-likeness (QED) is 0.651. The number of aromatic nitrogens is 1. The van der Waals surface area contributed by atoms with Gasteiger partial charge >= 0.3 is 6.09 Å². The molecule has 2 unspecified atom stereocenters. The maximum absolute atomic E-state index is 12.7. The second kappa shape index (κ2) is 8.34. The van der Waals surface area contributed by atoms with Crippen LogP contribution in [0, 0.1) is 0 Å². The molecule has 8 heteroatoms. The zero-order valence-corrected chi connectivity index (χ0v) is 20.5. The highest BCUT2D eigenvalue weighted by Crippen LogP contribution is 2.42. The Bertz CT molecular complexity index is 1150. The van der Waals surface area contributed by atoms with E-state index in [0.717, 1.165) is 22.0 Å². The molecule has 0 saturated carbocycles. The van der Waals surface area contributed by atoms with Crippen LogP contribution in [0.25, 0.3) is 10.9 Å². The molecule has 2 N–H and O–H groups in total. The molecule has 2 fully saturated rings. The molecule has 182 valence electrons. The first-order chi connectivity index (χ1) is 15.8. The number of hydrogen-bond acceptors (Lipinski definition) is 6. The van der Waals surface area contributed by atoms with Crippen LogP contribution < -0.4 is 5.32 Å². The molecule has 2 aliphatic rings. The van der Waals surface area contributed by atoms with E-state index in [0.29, 0.717) is 32.2 Å². The molecule has 0 spiro atoms. The van der Waals surface area contributed by atoms with Gasteiger partial charge in [-0.25, -0.2) is 4.79 Å². The lowest BCUT2D eigenvalue weighted by Crippen LogP contribution is -2.58. The van der Waals surface area contributed by atoms with Gasteiger partial charge in [-0.1, -0.05) is 6.07 Å². The molecule has 0 radical (unpaired) electrons. The molecule has 8 nitrogen and oxygen atoms in total. The van der Waals surface area contributed by atoms with E-state index in [4.69, 9.17) is 4.74 Å². The standard InChI is InChI=1S/C26H33N3O5/c1-24(2,3)34-23(32)29-11-10-26(33,15-25(29,4)5)18-6-8-20-16(13-18)12-17(14-27-20)19-7-9-21(30)28-22(19)31/h6,8,12-14,19,33H,7,9-11,15H2,1-5H3,(H,28,30,31). The van der Waals surface area contributed by atoms with Gasteiger partial charge in [-0.15, -0.1) is 0 Å². The summed E-state index contributed by atoms with van der Waals surface area (Å²) in [6.07, 6.45) is 2.79. The summed E-state index contributed by atoms with van der Waals surface area (Å²) in [6.45, 7) is 9.75. The summed E-state index contributed by atoms with van der Waals surface area (Å²) >= 11 is 0. The first-order valence-corrected chi connectivity index (χ1v) is 11.7. The van der Waals surface area contributed by atoms with Gasteiger partial charge in [0, 0.05) is 36.5 Å². The monoisotopic (exact) mass is 467 g/mol. The average molecular weight is 468 g/mol. The van der Waals surface area contributed by atoms with Crippen molar-refractivity contribution in [2.45, 2.75) is 83.0 Å². The van der Waals surface area contributed by atoms with Crippen molar-refractivity contribution in [1.29, 1.82) is 0 Å². The molecule has 3 heterocycles. The molecule has 2 aromatic rings. The van der Waals surface area contributed by atoms with Crippen LogP contribution in [-0.4, -0.2) is 50.6 Å². The molecule has 1 aromatic heterocycles. The maximum atomic E-state index is 12.7. The van der Waals surface area contributed by atoms with Gasteiger partial charge in [-0.2, -0.15) is 0 Å². The highest BCUT2D eigenvalue weighted by atomic mass is 16.6. The van der Waals surface area contributed by atoms with E-state index >= 15 is 0 Å². The first-order valence-electron chi connectivity index (χ1n) is 11.7. The fourth-order valence-electron chi connectivity index (χ4n) is 5.04. The second-order valence-corrected chi connectivity index (χ2v) is 11.1. The predicted molar refractivity (Wildman–Crippen MR) is 127 cm³/mol. The van der Waals surface area contributed by atoms with E-state index in [1.807, 2.05) is 58.9 Å². The lowest BCUT2D eigenvalue weighted by atomic mass is 9.75. The van der Waals surface area contributed by atoms with Gasteiger partial charge in [0.2, 0.25) is 11.8 Å². The summed E-state index contributed by atoms with van der Waals surface area (Å²) in [5, 5.41) is 14.9. The van der Waals surface area contributed by atoms with Crippen molar-refractivity contribution < 1.29 is 24.2 Å². The average Bonchev–Trinajstić information content (AvgIpc) is 2.71. The van der Waals surface area contributed by atoms with Crippen LogP contribution in [0.1, 0.15) is 77.3 Å². The summed E-state index contributed by atoms with van der Waals surface area (Å²) in [5.41, 5.74) is -0.0699. The lowest BCUT2D eigenvalue weighted by Gasteiger charge is -2.49. The molecule has 0 aliphatic carbocycles. The Kier molecular flexibility index (Phi) is 5.92. The van der Waals surface area contributed by atoms with Gasteiger partial charge in [0.25, 0.3) is 0 Å². The number of carbonyl (C=O) groups is 3. The minimum Gasteiger partial charge on any atom is -0.444 e. The fourth-order valence-corrected chi connectivity index (χ4v) is 5.04. The number of carbonyl (C=O) groups excluding carboxylic acids is 3. The summed E-state index contributed by atoms with van der Waals surface area (Å²) in [5.74, 6) is -0.972. The van der Waals surface area contributed by atoms with E-state index in [9.17, 15) is 19.5 Å². The number of imide groups is 1. The minimum atomic E-state index is -1.12. The second-order valence-electron chi connectivity index (χ2n) is 11.1. The van der Waals surface area contributed by atoms with Gasteiger partial charge in [-0.3, -0.25) is 19.9 Å². The van der Waals surface area contributed by atoms with Crippen LogP contribution in [0.5, 0.6) is 0 Å². The number of amides is 3. The van der Waals surface area contributed by atoms with Crippen molar-refractivity contribution in [3.05, 3.63) is 41.6 Å². The minimum absolute atomic E-state index is 0.250. The zero-order chi connectivity index (χ0) is 24.9. The lowest BCUT2D eigenvalue weighted by molar-refractivity contribution is -0.134. The number of rotatable bonds is 2. The maximum Gasteiger partial charge on any atom is 0.410 e. The number of nitrogens with one attached hydrogen (secondary N) is 1. The third-order valence-electron chi connectivity index (χ3n) is 6.70. The molecule has 2 aliphatic heterocycles. The van der Waals surface area contributed by atoms with Crippen molar-refractivity contribution in [2.75, 3.05) is 6.54 Å². The smallest absolute Gasteiger partial charge is 0.410 e. The highest BCUT2D eigenvalue weighted by molar-refractivity contribution is 6.01. The third-order valence-corrected chi connectivity index (χ3v) is 6.70. The highest BCUT2D eigenvalue weighted by Gasteiger charge is 2.47. The predicted octanol–water partition coefficient (Wildman–Crippen LogP) is 3.75. The molecule has 2 atom stereocenters. The van der Waals surface area contributed by atoms with E-state index in [1.54, 1.807) is 11.1 Å². The topological polar surface area (TPSA) is 109 Å². The molecule has 2 saturated heterocycles. The number of nitrogens with zero attached hydrogens (tertiary/aromatic N) is 2. The molecule has 0 bridgehead atoms. The molecule has 3 amide bonds. The van der Waals surface area contributed by atoms with Crippen LogP contribution in [0.2, 0.25) is 0 Å². The summed E-state index contributed by atoms with van der Waals surface area (Å²) in [6, 6.07) is 7.57. The van der Waals surface area contributed by atoms with Gasteiger partial charge in [0.15, 0.2) is 0 Å². The molecule has 1 aromatic carbocycles. The molecular formula is C26H33N3O5. The van der Waals surface area contributed by atoms with Crippen molar-refractivity contribution in [2.24, 2.45) is 0 Å². The number of pyridine rings is 1. The normalized spacial score (nSPS) is 25.2. The van der Waals surface area contributed by atoms with Crippen LogP contribution >= 0.6 is 0 Å². The van der Waals surface area contributed by atoms with E-state index in [2.05, 4.69) is 10.3 Å². The first kappa shape index (κ1) is 24.1. The van der Waals surface area contributed by atoms with Crippen molar-refractivity contribution in [3.63, 3.8) is 0 Å².